The summed E-state index contributed by atoms with van der Waals surface area (Å²) in [7, 11) is -2.57. The lowest BCUT2D eigenvalue weighted by Crippen LogP contribution is -2.36. The standard InChI is InChI=1S/C25H24F2N4O6S/c1-30-13-11-16(12-14-30)28-20-10-9-17(15-21(20)31(33)34)38(35,36)29-25(32)18-5-2-3-7-22(18)37-23-8-4-6-19(26)24(23)27/h2-10,15-16,28H,11-14H2,1H3,(H,29,32). The molecule has 1 amide bonds. The number of anilines is 1. The largest absolute Gasteiger partial charge is 0.453 e. The molecule has 1 fully saturated rings. The zero-order valence-electron chi connectivity index (χ0n) is 20.2. The van der Waals surface area contributed by atoms with E-state index in [-0.39, 0.29) is 23.0 Å². The minimum atomic E-state index is -4.55. The second-order valence-corrected chi connectivity index (χ2v) is 10.4. The monoisotopic (exact) mass is 546 g/mol. The lowest BCUT2D eigenvalue weighted by Gasteiger charge is -2.30. The summed E-state index contributed by atoms with van der Waals surface area (Å²) >= 11 is 0. The van der Waals surface area contributed by atoms with Gasteiger partial charge in [-0.05, 0) is 69.4 Å². The zero-order valence-corrected chi connectivity index (χ0v) is 21.0. The van der Waals surface area contributed by atoms with Gasteiger partial charge >= 0.3 is 0 Å². The van der Waals surface area contributed by atoms with Gasteiger partial charge in [-0.2, -0.15) is 4.39 Å². The first-order valence-electron chi connectivity index (χ1n) is 11.6. The molecule has 0 atom stereocenters. The highest BCUT2D eigenvalue weighted by Crippen LogP contribution is 2.31. The average Bonchev–Trinajstić information content (AvgIpc) is 2.88. The molecule has 0 aromatic heterocycles. The van der Waals surface area contributed by atoms with Crippen LogP contribution >= 0.6 is 0 Å². The first-order chi connectivity index (χ1) is 18.0. The number of nitrogens with zero attached hydrogens (tertiary/aromatic N) is 2. The van der Waals surface area contributed by atoms with Gasteiger partial charge in [-0.3, -0.25) is 14.9 Å². The summed E-state index contributed by atoms with van der Waals surface area (Å²) in [5, 5.41) is 14.8. The SMILES string of the molecule is CN1CCC(Nc2ccc(S(=O)(=O)NC(=O)c3ccccc3Oc3cccc(F)c3F)cc2[N+](=O)[O-])CC1. The molecule has 1 aliphatic heterocycles. The van der Waals surface area contributed by atoms with E-state index in [4.69, 9.17) is 4.74 Å². The van der Waals surface area contributed by atoms with Crippen LogP contribution in [-0.2, 0) is 10.0 Å². The maximum Gasteiger partial charge on any atom is 0.293 e. The second kappa shape index (κ2) is 11.1. The summed E-state index contributed by atoms with van der Waals surface area (Å²) in [5.74, 6) is -4.31. The van der Waals surface area contributed by atoms with Crippen LogP contribution in [0.3, 0.4) is 0 Å². The molecule has 1 saturated heterocycles. The van der Waals surface area contributed by atoms with Gasteiger partial charge < -0.3 is 15.0 Å². The number of hydrogen-bond acceptors (Lipinski definition) is 8. The molecule has 0 bridgehead atoms. The van der Waals surface area contributed by atoms with Gasteiger partial charge in [0.2, 0.25) is 5.82 Å². The Balaban J connectivity index is 1.56. The summed E-state index contributed by atoms with van der Waals surface area (Å²) in [6, 6.07) is 11.9. The first kappa shape index (κ1) is 26.9. The number of nitro groups is 1. The number of hydrogen-bond donors (Lipinski definition) is 2. The summed E-state index contributed by atoms with van der Waals surface area (Å²) in [5.41, 5.74) is -0.565. The van der Waals surface area contributed by atoms with Crippen LogP contribution in [0.4, 0.5) is 20.2 Å². The first-order valence-corrected chi connectivity index (χ1v) is 13.0. The number of halogens is 2. The van der Waals surface area contributed by atoms with Crippen molar-refractivity contribution in [1.82, 2.24) is 9.62 Å². The van der Waals surface area contributed by atoms with E-state index in [1.807, 2.05) is 11.8 Å². The van der Waals surface area contributed by atoms with Gasteiger partial charge in [-0.15, -0.1) is 0 Å². The Morgan fingerprint density at radius 3 is 2.45 bits per heavy atom. The van der Waals surface area contributed by atoms with Crippen LogP contribution < -0.4 is 14.8 Å². The number of benzene rings is 3. The van der Waals surface area contributed by atoms with E-state index in [1.165, 1.54) is 36.4 Å². The number of piperidine rings is 1. The third-order valence-electron chi connectivity index (χ3n) is 6.05. The third kappa shape index (κ3) is 6.06. The van der Waals surface area contributed by atoms with Crippen molar-refractivity contribution in [3.8, 4) is 11.5 Å². The number of nitrogens with one attached hydrogen (secondary N) is 2. The van der Waals surface area contributed by atoms with E-state index >= 15 is 0 Å². The number of ether oxygens (including phenoxy) is 1. The van der Waals surface area contributed by atoms with Crippen molar-refractivity contribution in [3.63, 3.8) is 0 Å². The van der Waals surface area contributed by atoms with Crippen LogP contribution in [0.1, 0.15) is 23.2 Å². The molecule has 4 rings (SSSR count). The number of amides is 1. The zero-order chi connectivity index (χ0) is 27.4. The Bertz CT molecular complexity index is 1480. The Hall–Kier alpha value is -4.10. The third-order valence-corrected chi connectivity index (χ3v) is 7.38. The van der Waals surface area contributed by atoms with E-state index in [0.29, 0.717) is 0 Å². The molecule has 0 aliphatic carbocycles. The van der Waals surface area contributed by atoms with Crippen LogP contribution in [-0.4, -0.2) is 50.3 Å². The second-order valence-electron chi connectivity index (χ2n) is 8.74. The van der Waals surface area contributed by atoms with Crippen LogP contribution in [0.15, 0.2) is 65.6 Å². The fourth-order valence-corrected chi connectivity index (χ4v) is 4.97. The molecular formula is C25H24F2N4O6S. The molecular weight excluding hydrogens is 522 g/mol. The van der Waals surface area contributed by atoms with Crippen molar-refractivity contribution in [2.75, 3.05) is 25.5 Å². The molecule has 0 saturated carbocycles. The Morgan fingerprint density at radius 1 is 1.05 bits per heavy atom. The van der Waals surface area contributed by atoms with Crippen molar-refractivity contribution >= 4 is 27.3 Å². The number of para-hydroxylation sites is 1. The minimum absolute atomic E-state index is 0.00788. The van der Waals surface area contributed by atoms with Crippen molar-refractivity contribution in [3.05, 3.63) is 88.0 Å². The van der Waals surface area contributed by atoms with Crippen molar-refractivity contribution in [1.29, 1.82) is 0 Å². The maximum absolute atomic E-state index is 14.1. The summed E-state index contributed by atoms with van der Waals surface area (Å²) in [4.78, 5) is 25.5. The smallest absolute Gasteiger partial charge is 0.293 e. The molecule has 3 aromatic carbocycles. The predicted molar refractivity (Wildman–Crippen MR) is 135 cm³/mol. The Morgan fingerprint density at radius 2 is 1.74 bits per heavy atom. The van der Waals surface area contributed by atoms with E-state index in [2.05, 4.69) is 10.2 Å². The van der Waals surface area contributed by atoms with Gasteiger partial charge in [0.1, 0.15) is 11.4 Å². The number of sulfonamides is 1. The van der Waals surface area contributed by atoms with E-state index < -0.39 is 48.8 Å². The highest BCUT2D eigenvalue weighted by atomic mass is 32.2. The molecule has 2 N–H and O–H groups in total. The van der Waals surface area contributed by atoms with Crippen molar-refractivity contribution in [2.45, 2.75) is 23.8 Å². The predicted octanol–water partition coefficient (Wildman–Crippen LogP) is 4.29. The average molecular weight is 547 g/mol. The van der Waals surface area contributed by atoms with Gasteiger partial charge in [-0.1, -0.05) is 18.2 Å². The van der Waals surface area contributed by atoms with E-state index in [1.54, 1.807) is 0 Å². The fourth-order valence-electron chi connectivity index (χ4n) is 3.99. The molecule has 0 radical (unpaired) electrons. The van der Waals surface area contributed by atoms with Crippen molar-refractivity contribution < 1.29 is 31.7 Å². The van der Waals surface area contributed by atoms with E-state index in [9.17, 15) is 32.1 Å². The Labute approximate surface area is 217 Å². The van der Waals surface area contributed by atoms with Gasteiger partial charge in [0.15, 0.2) is 11.6 Å². The van der Waals surface area contributed by atoms with Crippen LogP contribution in [0, 0.1) is 21.7 Å². The van der Waals surface area contributed by atoms with Gasteiger partial charge in [0.05, 0.1) is 15.4 Å². The normalized spacial score (nSPS) is 14.6. The topological polar surface area (TPSA) is 131 Å². The lowest BCUT2D eigenvalue weighted by molar-refractivity contribution is -0.384. The molecule has 38 heavy (non-hydrogen) atoms. The minimum Gasteiger partial charge on any atom is -0.453 e. The molecule has 200 valence electrons. The molecule has 10 nitrogen and oxygen atoms in total. The molecule has 13 heteroatoms. The number of nitro benzene ring substituents is 1. The molecule has 1 aliphatic rings. The number of rotatable bonds is 8. The van der Waals surface area contributed by atoms with Gasteiger partial charge in [0.25, 0.3) is 21.6 Å². The lowest BCUT2D eigenvalue weighted by atomic mass is 10.1. The van der Waals surface area contributed by atoms with Gasteiger partial charge in [0, 0.05) is 12.1 Å². The van der Waals surface area contributed by atoms with Crippen LogP contribution in [0.5, 0.6) is 11.5 Å². The maximum atomic E-state index is 14.1. The highest BCUT2D eigenvalue weighted by molar-refractivity contribution is 7.90. The molecule has 3 aromatic rings. The highest BCUT2D eigenvalue weighted by Gasteiger charge is 2.27. The summed E-state index contributed by atoms with van der Waals surface area (Å²) in [6.45, 7) is 1.64. The van der Waals surface area contributed by atoms with Gasteiger partial charge in [-0.25, -0.2) is 17.5 Å². The quantitative estimate of drug-likeness (QED) is 0.316. The van der Waals surface area contributed by atoms with E-state index in [0.717, 1.165) is 50.2 Å². The number of carbonyl (C=O) groups is 1. The summed E-state index contributed by atoms with van der Waals surface area (Å²) < 4.78 is 60.7. The summed E-state index contributed by atoms with van der Waals surface area (Å²) in [6.07, 6.45) is 1.54. The number of carbonyl (C=O) groups excluding carboxylic acids is 1. The van der Waals surface area contributed by atoms with Crippen molar-refractivity contribution in [2.24, 2.45) is 0 Å². The van der Waals surface area contributed by atoms with Crippen LogP contribution in [0.2, 0.25) is 0 Å². The molecule has 0 spiro atoms. The molecule has 0 unspecified atom stereocenters. The van der Waals surface area contributed by atoms with Crippen LogP contribution in [0.25, 0.3) is 0 Å². The Kier molecular flexibility index (Phi) is 7.88. The molecule has 1 heterocycles. The fraction of sp³-hybridized carbons (Fsp3) is 0.240. The number of likely N-dealkylation sites (tertiary alicyclic amines) is 1.